The summed E-state index contributed by atoms with van der Waals surface area (Å²) in [5, 5.41) is 2.19. The highest BCUT2D eigenvalue weighted by atomic mass is 32.2. The fraction of sp³-hybridized carbons (Fsp3) is 0.571. The Bertz CT molecular complexity index is 147. The SMILES string of the molecule is CC(C)C1=CSC=NC1. The van der Waals surface area contributed by atoms with E-state index in [1.807, 2.05) is 5.55 Å². The number of hydrogen-bond donors (Lipinski definition) is 0. The van der Waals surface area contributed by atoms with Crippen LogP contribution in [0.1, 0.15) is 13.8 Å². The normalized spacial score (nSPS) is 18.3. The molecule has 0 unspecified atom stereocenters. The first-order chi connectivity index (χ1) is 4.30. The second kappa shape index (κ2) is 3.06. The van der Waals surface area contributed by atoms with Crippen molar-refractivity contribution in [2.45, 2.75) is 13.8 Å². The van der Waals surface area contributed by atoms with Crippen molar-refractivity contribution in [2.24, 2.45) is 10.9 Å². The fourth-order valence-electron chi connectivity index (χ4n) is 0.659. The molecule has 0 aromatic carbocycles. The van der Waals surface area contributed by atoms with E-state index < -0.39 is 0 Å². The Labute approximate surface area is 60.3 Å². The molecular formula is C7H11NS. The third-order valence-electron chi connectivity index (χ3n) is 1.37. The molecule has 1 rings (SSSR count). The van der Waals surface area contributed by atoms with E-state index in [-0.39, 0.29) is 0 Å². The molecule has 0 N–H and O–H groups in total. The predicted octanol–water partition coefficient (Wildman–Crippen LogP) is 2.30. The first-order valence-corrected chi connectivity index (χ1v) is 4.07. The zero-order chi connectivity index (χ0) is 6.69. The summed E-state index contributed by atoms with van der Waals surface area (Å²) in [4.78, 5) is 4.15. The van der Waals surface area contributed by atoms with Crippen LogP contribution in [0.25, 0.3) is 0 Å². The van der Waals surface area contributed by atoms with Crippen molar-refractivity contribution in [3.8, 4) is 0 Å². The molecule has 1 heterocycles. The lowest BCUT2D eigenvalue weighted by Crippen LogP contribution is -1.99. The molecule has 50 valence electrons. The van der Waals surface area contributed by atoms with Crippen molar-refractivity contribution in [1.29, 1.82) is 0 Å². The molecule has 0 amide bonds. The van der Waals surface area contributed by atoms with Gasteiger partial charge in [0.2, 0.25) is 0 Å². The van der Waals surface area contributed by atoms with Crippen molar-refractivity contribution in [3.05, 3.63) is 11.0 Å². The van der Waals surface area contributed by atoms with Crippen LogP contribution in [0, 0.1) is 5.92 Å². The summed E-state index contributed by atoms with van der Waals surface area (Å²) in [5.41, 5.74) is 3.34. The summed E-state index contributed by atoms with van der Waals surface area (Å²) in [5.74, 6) is 0.662. The first kappa shape index (κ1) is 6.87. The van der Waals surface area contributed by atoms with Crippen molar-refractivity contribution in [3.63, 3.8) is 0 Å². The van der Waals surface area contributed by atoms with E-state index in [9.17, 15) is 0 Å². The van der Waals surface area contributed by atoms with E-state index in [2.05, 4.69) is 24.2 Å². The Balaban J connectivity index is 2.50. The van der Waals surface area contributed by atoms with Gasteiger partial charge in [0.15, 0.2) is 0 Å². The highest BCUT2D eigenvalue weighted by Crippen LogP contribution is 2.17. The molecule has 0 radical (unpaired) electrons. The molecule has 0 fully saturated rings. The maximum Gasteiger partial charge on any atom is 0.0616 e. The van der Waals surface area contributed by atoms with Gasteiger partial charge in [-0.3, -0.25) is 4.99 Å². The van der Waals surface area contributed by atoms with E-state index in [1.165, 1.54) is 5.57 Å². The van der Waals surface area contributed by atoms with Crippen LogP contribution in [-0.2, 0) is 0 Å². The van der Waals surface area contributed by atoms with Gasteiger partial charge in [0.25, 0.3) is 0 Å². The van der Waals surface area contributed by atoms with Crippen molar-refractivity contribution in [2.75, 3.05) is 6.54 Å². The number of aliphatic imine (C=N–C) groups is 1. The molecule has 0 aromatic rings. The van der Waals surface area contributed by atoms with Crippen LogP contribution < -0.4 is 0 Å². The summed E-state index contributed by atoms with van der Waals surface area (Å²) < 4.78 is 0. The average Bonchev–Trinajstić information content (AvgIpc) is 1.90. The monoisotopic (exact) mass is 141 g/mol. The molecule has 0 saturated heterocycles. The molecule has 0 saturated carbocycles. The molecule has 1 nitrogen and oxygen atoms in total. The summed E-state index contributed by atoms with van der Waals surface area (Å²) in [6.07, 6.45) is 0. The quantitative estimate of drug-likeness (QED) is 0.546. The fourth-order valence-corrected chi connectivity index (χ4v) is 1.40. The van der Waals surface area contributed by atoms with Gasteiger partial charge in [0.05, 0.1) is 12.1 Å². The van der Waals surface area contributed by atoms with Gasteiger partial charge in [0, 0.05) is 0 Å². The largest absolute Gasteiger partial charge is 0.282 e. The second-order valence-corrected chi connectivity index (χ2v) is 3.15. The van der Waals surface area contributed by atoms with Crippen LogP contribution in [0.15, 0.2) is 16.0 Å². The first-order valence-electron chi connectivity index (χ1n) is 3.13. The minimum Gasteiger partial charge on any atom is -0.282 e. The smallest absolute Gasteiger partial charge is 0.0616 e. The summed E-state index contributed by atoms with van der Waals surface area (Å²) >= 11 is 1.68. The summed E-state index contributed by atoms with van der Waals surface area (Å²) in [6, 6.07) is 0. The minimum absolute atomic E-state index is 0.662. The lowest BCUT2D eigenvalue weighted by molar-refractivity contribution is 0.749. The third kappa shape index (κ3) is 1.86. The van der Waals surface area contributed by atoms with Crippen LogP contribution in [0.3, 0.4) is 0 Å². The van der Waals surface area contributed by atoms with Gasteiger partial charge in [-0.15, -0.1) is 0 Å². The topological polar surface area (TPSA) is 12.4 Å². The Hall–Kier alpha value is -0.240. The third-order valence-corrected chi connectivity index (χ3v) is 2.08. The lowest BCUT2D eigenvalue weighted by Gasteiger charge is -2.09. The van der Waals surface area contributed by atoms with Crippen LogP contribution >= 0.6 is 11.8 Å². The number of hydrogen-bond acceptors (Lipinski definition) is 2. The lowest BCUT2D eigenvalue weighted by atomic mass is 10.1. The van der Waals surface area contributed by atoms with E-state index in [0.29, 0.717) is 5.92 Å². The minimum atomic E-state index is 0.662. The van der Waals surface area contributed by atoms with Crippen LogP contribution in [0.4, 0.5) is 0 Å². The summed E-state index contributed by atoms with van der Waals surface area (Å²) in [6.45, 7) is 5.31. The maximum absolute atomic E-state index is 4.15. The summed E-state index contributed by atoms with van der Waals surface area (Å²) in [7, 11) is 0. The molecule has 1 aliphatic rings. The van der Waals surface area contributed by atoms with Gasteiger partial charge >= 0.3 is 0 Å². The van der Waals surface area contributed by atoms with Gasteiger partial charge in [-0.2, -0.15) is 0 Å². The molecular weight excluding hydrogens is 130 g/mol. The second-order valence-electron chi connectivity index (χ2n) is 2.43. The van der Waals surface area contributed by atoms with Crippen LogP contribution in [0.2, 0.25) is 0 Å². The number of thioether (sulfide) groups is 1. The Kier molecular flexibility index (Phi) is 2.34. The van der Waals surface area contributed by atoms with Crippen molar-refractivity contribution >= 4 is 17.3 Å². The average molecular weight is 141 g/mol. The van der Waals surface area contributed by atoms with E-state index in [4.69, 9.17) is 0 Å². The van der Waals surface area contributed by atoms with Crippen LogP contribution in [0.5, 0.6) is 0 Å². The Morgan fingerprint density at radius 2 is 2.44 bits per heavy atom. The number of nitrogens with zero attached hydrogens (tertiary/aromatic N) is 1. The Morgan fingerprint density at radius 3 is 2.78 bits per heavy atom. The van der Waals surface area contributed by atoms with E-state index >= 15 is 0 Å². The maximum atomic E-state index is 4.15. The molecule has 0 atom stereocenters. The molecule has 0 aliphatic carbocycles. The molecule has 9 heavy (non-hydrogen) atoms. The highest BCUT2D eigenvalue weighted by Gasteiger charge is 2.03. The number of rotatable bonds is 1. The van der Waals surface area contributed by atoms with Gasteiger partial charge in [-0.1, -0.05) is 25.6 Å². The molecule has 2 heteroatoms. The van der Waals surface area contributed by atoms with Crippen molar-refractivity contribution < 1.29 is 0 Å². The Morgan fingerprint density at radius 1 is 1.67 bits per heavy atom. The zero-order valence-electron chi connectivity index (χ0n) is 5.79. The molecule has 1 aliphatic heterocycles. The van der Waals surface area contributed by atoms with Crippen LogP contribution in [-0.4, -0.2) is 12.1 Å². The standard InChI is InChI=1S/C7H11NS/c1-6(2)7-3-8-5-9-4-7/h4-6H,3H2,1-2H3. The van der Waals surface area contributed by atoms with Gasteiger partial charge in [0.1, 0.15) is 0 Å². The highest BCUT2D eigenvalue weighted by molar-refractivity contribution is 8.14. The van der Waals surface area contributed by atoms with Gasteiger partial charge in [-0.05, 0) is 16.9 Å². The van der Waals surface area contributed by atoms with E-state index in [0.717, 1.165) is 6.54 Å². The molecule has 0 bridgehead atoms. The zero-order valence-corrected chi connectivity index (χ0v) is 6.61. The van der Waals surface area contributed by atoms with Gasteiger partial charge < -0.3 is 0 Å². The van der Waals surface area contributed by atoms with Crippen molar-refractivity contribution in [1.82, 2.24) is 0 Å². The van der Waals surface area contributed by atoms with E-state index in [1.54, 1.807) is 11.8 Å². The van der Waals surface area contributed by atoms with Gasteiger partial charge in [-0.25, -0.2) is 0 Å². The predicted molar refractivity (Wildman–Crippen MR) is 43.9 cm³/mol. The molecule has 0 spiro atoms. The molecule has 0 aromatic heterocycles.